The molecule has 1 aliphatic heterocycles. The van der Waals surface area contributed by atoms with Crippen molar-refractivity contribution in [2.45, 2.75) is 39.5 Å². The number of hydrogen-bond acceptors (Lipinski definition) is 9. The number of rotatable bonds is 7. The third kappa shape index (κ3) is 4.83. The van der Waals surface area contributed by atoms with E-state index < -0.39 is 33.5 Å². The number of nitro groups is 1. The van der Waals surface area contributed by atoms with Gasteiger partial charge in [0, 0.05) is 26.2 Å². The maximum atomic E-state index is 16.0. The molecule has 1 fully saturated rings. The van der Waals surface area contributed by atoms with Crippen molar-refractivity contribution >= 4 is 22.4 Å². The minimum absolute atomic E-state index is 0.0349. The molecule has 5 rings (SSSR count). The Morgan fingerprint density at radius 1 is 1.02 bits per heavy atom. The molecule has 1 aromatic carbocycles. The summed E-state index contributed by atoms with van der Waals surface area (Å²) in [6.07, 6.45) is 1.38. The number of fused-ring (bicyclic) bond motifs is 1. The van der Waals surface area contributed by atoms with Gasteiger partial charge in [0.25, 0.3) is 0 Å². The largest absolute Gasteiger partial charge is 0.496 e. The molecule has 11 nitrogen and oxygen atoms in total. The Morgan fingerprint density at radius 3 is 2.24 bits per heavy atom. The molecule has 4 heterocycles. The minimum Gasteiger partial charge on any atom is -0.496 e. The number of anilines is 1. The van der Waals surface area contributed by atoms with Crippen molar-refractivity contribution in [1.29, 1.82) is 0 Å². The van der Waals surface area contributed by atoms with Crippen LogP contribution in [0, 0.1) is 21.7 Å². The van der Waals surface area contributed by atoms with Gasteiger partial charge in [-0.1, -0.05) is 33.8 Å². The van der Waals surface area contributed by atoms with E-state index in [2.05, 4.69) is 20.3 Å². The van der Waals surface area contributed by atoms with Crippen LogP contribution < -0.4 is 20.5 Å². The first-order valence-electron chi connectivity index (χ1n) is 13.6. The van der Waals surface area contributed by atoms with Crippen molar-refractivity contribution in [1.82, 2.24) is 24.8 Å². The number of piperazine rings is 1. The second kappa shape index (κ2) is 11.4. The minimum atomic E-state index is -0.967. The van der Waals surface area contributed by atoms with Crippen LogP contribution in [-0.2, 0) is 0 Å². The molecule has 1 N–H and O–H groups in total. The highest BCUT2D eigenvalue weighted by molar-refractivity contribution is 5.97. The molecule has 0 unspecified atom stereocenters. The van der Waals surface area contributed by atoms with Gasteiger partial charge in [-0.3, -0.25) is 19.5 Å². The highest BCUT2D eigenvalue weighted by atomic mass is 19.1. The number of benzene rings is 1. The first kappa shape index (κ1) is 29.0. The maximum Gasteiger partial charge on any atom is 0.358 e. The smallest absolute Gasteiger partial charge is 0.358 e. The molecule has 0 aliphatic carbocycles. The first-order chi connectivity index (χ1) is 20.1. The standard InChI is InChI=1S/C29H31F2N7O4/c1-15(2)22-26(23(16(3)4)34-14-33-22)37-28-17(25(27(29(37)39)38(40)41)36-11-9-32-10-12-36)13-19(31)24(35-28)21-18(30)7-6-8-20(21)42-5/h6-8,13-16,32H,9-12H2,1-5H3. The number of hydrogen-bond donors (Lipinski definition) is 1. The third-order valence-electron chi connectivity index (χ3n) is 7.30. The lowest BCUT2D eigenvalue weighted by Gasteiger charge is -2.30. The molecule has 0 spiro atoms. The van der Waals surface area contributed by atoms with Gasteiger partial charge in [-0.15, -0.1) is 0 Å². The lowest BCUT2D eigenvalue weighted by atomic mass is 10.0. The monoisotopic (exact) mass is 579 g/mol. The number of methoxy groups -OCH3 is 1. The molecular weight excluding hydrogens is 548 g/mol. The van der Waals surface area contributed by atoms with Crippen molar-refractivity contribution < 1.29 is 18.4 Å². The molecule has 0 bridgehead atoms. The third-order valence-corrected chi connectivity index (χ3v) is 7.30. The molecule has 42 heavy (non-hydrogen) atoms. The van der Waals surface area contributed by atoms with Gasteiger partial charge in [0.15, 0.2) is 11.5 Å². The number of nitrogens with one attached hydrogen (secondary N) is 1. The van der Waals surface area contributed by atoms with E-state index in [0.29, 0.717) is 37.6 Å². The lowest BCUT2D eigenvalue weighted by Crippen LogP contribution is -2.44. The first-order valence-corrected chi connectivity index (χ1v) is 13.6. The molecule has 220 valence electrons. The van der Waals surface area contributed by atoms with E-state index in [1.165, 1.54) is 25.6 Å². The van der Waals surface area contributed by atoms with E-state index >= 15 is 8.78 Å². The molecule has 1 saturated heterocycles. The van der Waals surface area contributed by atoms with Gasteiger partial charge in [-0.2, -0.15) is 0 Å². The summed E-state index contributed by atoms with van der Waals surface area (Å²) in [7, 11) is 1.32. The van der Waals surface area contributed by atoms with Crippen LogP contribution in [0.1, 0.15) is 50.9 Å². The fourth-order valence-corrected chi connectivity index (χ4v) is 5.40. The van der Waals surface area contributed by atoms with E-state index in [-0.39, 0.29) is 45.6 Å². The molecule has 0 saturated carbocycles. The van der Waals surface area contributed by atoms with Crippen LogP contribution in [-0.4, -0.2) is 57.7 Å². The summed E-state index contributed by atoms with van der Waals surface area (Å²) in [5, 5.41) is 15.8. The van der Waals surface area contributed by atoms with Crippen LogP contribution in [0.2, 0.25) is 0 Å². The van der Waals surface area contributed by atoms with E-state index in [4.69, 9.17) is 4.74 Å². The Kier molecular flexibility index (Phi) is 7.87. The number of halogens is 2. The summed E-state index contributed by atoms with van der Waals surface area (Å²) >= 11 is 0. The number of nitrogens with zero attached hydrogens (tertiary/aromatic N) is 6. The zero-order chi connectivity index (χ0) is 30.3. The van der Waals surface area contributed by atoms with Crippen LogP contribution in [0.4, 0.5) is 20.2 Å². The quantitative estimate of drug-likeness (QED) is 0.245. The molecule has 13 heteroatoms. The van der Waals surface area contributed by atoms with Crippen LogP contribution in [0.15, 0.2) is 35.4 Å². The molecule has 4 aromatic rings. The Balaban J connectivity index is 2.04. The Morgan fingerprint density at radius 2 is 1.67 bits per heavy atom. The molecule has 0 radical (unpaired) electrons. The molecule has 1 aliphatic rings. The fraction of sp³-hybridized carbons (Fsp3) is 0.379. The number of pyridine rings is 2. The van der Waals surface area contributed by atoms with Crippen LogP contribution in [0.3, 0.4) is 0 Å². The van der Waals surface area contributed by atoms with Crippen molar-refractivity contribution in [3.8, 4) is 22.7 Å². The van der Waals surface area contributed by atoms with Gasteiger partial charge in [-0.25, -0.2) is 23.7 Å². The molecular formula is C29H31F2N7O4. The van der Waals surface area contributed by atoms with Crippen molar-refractivity contribution in [3.63, 3.8) is 0 Å². The van der Waals surface area contributed by atoms with Gasteiger partial charge < -0.3 is 15.0 Å². The van der Waals surface area contributed by atoms with Crippen LogP contribution >= 0.6 is 0 Å². The highest BCUT2D eigenvalue weighted by Gasteiger charge is 2.35. The fourth-order valence-electron chi connectivity index (χ4n) is 5.40. The van der Waals surface area contributed by atoms with Crippen molar-refractivity contribution in [3.05, 3.63) is 74.1 Å². The SMILES string of the molecule is COc1cccc(F)c1-c1nc2c(cc1F)c(N1CCNCC1)c([N+](=O)[O-])c(=O)n2-c1c(C(C)C)ncnc1C(C)C. The molecule has 0 atom stereocenters. The predicted octanol–water partition coefficient (Wildman–Crippen LogP) is 4.69. The number of aromatic nitrogens is 4. The highest BCUT2D eigenvalue weighted by Crippen LogP contribution is 2.40. The van der Waals surface area contributed by atoms with E-state index in [0.717, 1.165) is 16.7 Å². The summed E-state index contributed by atoms with van der Waals surface area (Å²) in [4.78, 5) is 41.3. The zero-order valence-electron chi connectivity index (χ0n) is 23.9. The summed E-state index contributed by atoms with van der Waals surface area (Å²) in [6, 6.07) is 5.12. The average molecular weight is 580 g/mol. The summed E-state index contributed by atoms with van der Waals surface area (Å²) in [6.45, 7) is 9.17. The summed E-state index contributed by atoms with van der Waals surface area (Å²) in [5.74, 6) is -2.12. The average Bonchev–Trinajstić information content (AvgIpc) is 2.96. The molecule has 0 amide bonds. The van der Waals surface area contributed by atoms with Gasteiger partial charge in [-0.05, 0) is 30.0 Å². The van der Waals surface area contributed by atoms with Crippen LogP contribution in [0.5, 0.6) is 5.75 Å². The lowest BCUT2D eigenvalue weighted by molar-refractivity contribution is -0.385. The Bertz CT molecular complexity index is 1720. The summed E-state index contributed by atoms with van der Waals surface area (Å²) < 4.78 is 37.7. The van der Waals surface area contributed by atoms with Gasteiger partial charge >= 0.3 is 11.2 Å². The van der Waals surface area contributed by atoms with E-state index in [1.807, 2.05) is 27.7 Å². The Labute approximate surface area is 240 Å². The Hall–Kier alpha value is -4.52. The van der Waals surface area contributed by atoms with E-state index in [9.17, 15) is 14.9 Å². The normalized spacial score (nSPS) is 13.8. The van der Waals surface area contributed by atoms with Crippen LogP contribution in [0.25, 0.3) is 28.0 Å². The predicted molar refractivity (Wildman–Crippen MR) is 155 cm³/mol. The molecule has 3 aromatic heterocycles. The van der Waals surface area contributed by atoms with E-state index in [1.54, 1.807) is 4.90 Å². The second-order valence-electron chi connectivity index (χ2n) is 10.6. The summed E-state index contributed by atoms with van der Waals surface area (Å²) in [5.41, 5.74) is -1.30. The van der Waals surface area contributed by atoms with Gasteiger partial charge in [0.05, 0.1) is 40.1 Å². The maximum absolute atomic E-state index is 16.0. The topological polar surface area (TPSA) is 128 Å². The van der Waals surface area contributed by atoms with Crippen molar-refractivity contribution in [2.24, 2.45) is 0 Å². The van der Waals surface area contributed by atoms with Gasteiger partial charge in [0.1, 0.15) is 29.3 Å². The number of ether oxygens (including phenoxy) is 1. The zero-order valence-corrected chi connectivity index (χ0v) is 23.9. The second-order valence-corrected chi connectivity index (χ2v) is 10.6. The van der Waals surface area contributed by atoms with Gasteiger partial charge in [0.2, 0.25) is 0 Å². The van der Waals surface area contributed by atoms with Crippen molar-refractivity contribution in [2.75, 3.05) is 38.2 Å².